The van der Waals surface area contributed by atoms with E-state index in [2.05, 4.69) is 10.2 Å². The van der Waals surface area contributed by atoms with Crippen molar-refractivity contribution in [1.29, 1.82) is 0 Å². The summed E-state index contributed by atoms with van der Waals surface area (Å²) in [6, 6.07) is 0.637. The van der Waals surface area contributed by atoms with E-state index in [1.54, 1.807) is 6.92 Å². The second-order valence-electron chi connectivity index (χ2n) is 6.92. The van der Waals surface area contributed by atoms with Crippen molar-refractivity contribution in [3.63, 3.8) is 0 Å². The molecule has 2 aliphatic rings. The topological polar surface area (TPSA) is 52.7 Å². The molecule has 0 aromatic carbocycles. The molecule has 0 bridgehead atoms. The monoisotopic (exact) mass is 309 g/mol. The quantitative estimate of drug-likeness (QED) is 0.861. The fraction of sp³-hybridized carbons (Fsp3) is 0.882. The molecule has 0 spiro atoms. The number of piperidine rings is 1. The van der Waals surface area contributed by atoms with Gasteiger partial charge in [-0.3, -0.25) is 14.5 Å². The van der Waals surface area contributed by atoms with Crippen molar-refractivity contribution < 1.29 is 9.59 Å². The lowest BCUT2D eigenvalue weighted by atomic mass is 9.95. The van der Waals surface area contributed by atoms with Crippen LogP contribution >= 0.6 is 0 Å². The summed E-state index contributed by atoms with van der Waals surface area (Å²) in [5.41, 5.74) is 0. The highest BCUT2D eigenvalue weighted by Crippen LogP contribution is 2.20. The molecule has 0 aromatic rings. The van der Waals surface area contributed by atoms with E-state index < -0.39 is 0 Å². The van der Waals surface area contributed by atoms with E-state index >= 15 is 0 Å². The lowest BCUT2D eigenvalue weighted by molar-refractivity contribution is -0.132. The Morgan fingerprint density at radius 3 is 2.23 bits per heavy atom. The summed E-state index contributed by atoms with van der Waals surface area (Å²) in [4.78, 5) is 27.9. The maximum Gasteiger partial charge on any atom is 0.237 e. The maximum atomic E-state index is 12.4. The smallest absolute Gasteiger partial charge is 0.237 e. The zero-order valence-electron chi connectivity index (χ0n) is 14.3. The largest absolute Gasteiger partial charge is 0.352 e. The minimum Gasteiger partial charge on any atom is -0.352 e. The Kier molecular flexibility index (Phi) is 6.24. The molecule has 0 aromatic heterocycles. The van der Waals surface area contributed by atoms with Crippen molar-refractivity contribution in [3.8, 4) is 0 Å². The van der Waals surface area contributed by atoms with Crippen molar-refractivity contribution in [2.24, 2.45) is 0 Å². The highest BCUT2D eigenvalue weighted by Gasteiger charge is 2.29. The average molecular weight is 309 g/mol. The van der Waals surface area contributed by atoms with Gasteiger partial charge in [0.1, 0.15) is 0 Å². The molecular weight excluding hydrogens is 278 g/mol. The lowest BCUT2D eigenvalue weighted by Crippen LogP contribution is -2.53. The normalized spacial score (nSPS) is 23.0. The number of likely N-dealkylation sites (tertiary alicyclic amines) is 1. The number of nitrogens with one attached hydrogen (secondary N) is 1. The number of hydrogen-bond donors (Lipinski definition) is 1. The van der Waals surface area contributed by atoms with Crippen LogP contribution in [0.3, 0.4) is 0 Å². The third-order valence-electron chi connectivity index (χ3n) is 5.42. The van der Waals surface area contributed by atoms with Crippen molar-refractivity contribution >= 4 is 11.8 Å². The minimum absolute atomic E-state index is 0.0643. The molecular formula is C17H31N3O2. The molecule has 126 valence electrons. The summed E-state index contributed by atoms with van der Waals surface area (Å²) in [6.45, 7) is 5.41. The number of carbonyl (C=O) groups is 2. The zero-order valence-corrected chi connectivity index (χ0v) is 14.3. The highest BCUT2D eigenvalue weighted by atomic mass is 16.2. The summed E-state index contributed by atoms with van der Waals surface area (Å²) in [6.07, 6.45) is 7.95. The summed E-state index contributed by atoms with van der Waals surface area (Å²) in [5, 5.41) is 3.22. The average Bonchev–Trinajstić information content (AvgIpc) is 2.54. The molecule has 22 heavy (non-hydrogen) atoms. The molecule has 1 atom stereocenters. The Morgan fingerprint density at radius 2 is 1.68 bits per heavy atom. The van der Waals surface area contributed by atoms with E-state index in [9.17, 15) is 9.59 Å². The Bertz CT molecular complexity index is 385. The first-order valence-electron chi connectivity index (χ1n) is 8.77. The van der Waals surface area contributed by atoms with Gasteiger partial charge in [-0.05, 0) is 32.6 Å². The molecule has 1 aliphatic heterocycles. The zero-order chi connectivity index (χ0) is 16.1. The van der Waals surface area contributed by atoms with Crippen LogP contribution in [0.4, 0.5) is 0 Å². The van der Waals surface area contributed by atoms with Gasteiger partial charge >= 0.3 is 0 Å². The standard InChI is InChI=1S/C17H31N3O2/c1-13(17(22)18-15-7-5-4-6-8-15)20-11-9-16(10-12-20)19(3)14(2)21/h13,15-16H,4-12H2,1-3H3,(H,18,22). The predicted octanol–water partition coefficient (Wildman–Crippen LogP) is 1.77. The molecule has 2 rings (SSSR count). The molecule has 2 amide bonds. The molecule has 0 radical (unpaired) electrons. The third-order valence-corrected chi connectivity index (χ3v) is 5.42. The molecule has 5 heteroatoms. The fourth-order valence-corrected chi connectivity index (χ4v) is 3.65. The van der Waals surface area contributed by atoms with Gasteiger partial charge in [-0.15, -0.1) is 0 Å². The second-order valence-corrected chi connectivity index (χ2v) is 6.92. The Balaban J connectivity index is 1.77. The predicted molar refractivity (Wildman–Crippen MR) is 87.5 cm³/mol. The highest BCUT2D eigenvalue weighted by molar-refractivity contribution is 5.81. The van der Waals surface area contributed by atoms with Crippen molar-refractivity contribution in [2.45, 2.75) is 76.9 Å². The minimum atomic E-state index is -0.0643. The molecule has 1 saturated carbocycles. The fourth-order valence-electron chi connectivity index (χ4n) is 3.65. The van der Waals surface area contributed by atoms with Crippen molar-refractivity contribution in [2.75, 3.05) is 20.1 Å². The van der Waals surface area contributed by atoms with Gasteiger partial charge < -0.3 is 10.2 Å². The van der Waals surface area contributed by atoms with E-state index in [0.29, 0.717) is 12.1 Å². The van der Waals surface area contributed by atoms with Gasteiger partial charge in [0.15, 0.2) is 0 Å². The molecule has 2 fully saturated rings. The van der Waals surface area contributed by atoms with Crippen LogP contribution < -0.4 is 5.32 Å². The molecule has 1 N–H and O–H groups in total. The lowest BCUT2D eigenvalue weighted by Gasteiger charge is -2.39. The van der Waals surface area contributed by atoms with Gasteiger partial charge in [0.2, 0.25) is 11.8 Å². The Labute approximate surface area is 134 Å². The summed E-state index contributed by atoms with van der Waals surface area (Å²) < 4.78 is 0. The molecule has 5 nitrogen and oxygen atoms in total. The van der Waals surface area contributed by atoms with Crippen LogP contribution in [-0.4, -0.2) is 59.9 Å². The number of carbonyl (C=O) groups excluding carboxylic acids is 2. The van der Waals surface area contributed by atoms with Crippen LogP contribution in [0.15, 0.2) is 0 Å². The SMILES string of the molecule is CC(=O)N(C)C1CCN(C(C)C(=O)NC2CCCCC2)CC1. The van der Waals surface area contributed by atoms with E-state index in [1.807, 2.05) is 18.9 Å². The van der Waals surface area contributed by atoms with E-state index in [4.69, 9.17) is 0 Å². The first kappa shape index (κ1) is 17.3. The van der Waals surface area contributed by atoms with Gasteiger partial charge in [-0.2, -0.15) is 0 Å². The van der Waals surface area contributed by atoms with Crippen LogP contribution in [0, 0.1) is 0 Å². The van der Waals surface area contributed by atoms with Crippen molar-refractivity contribution in [3.05, 3.63) is 0 Å². The van der Waals surface area contributed by atoms with Gasteiger partial charge in [0.05, 0.1) is 6.04 Å². The first-order chi connectivity index (χ1) is 10.5. The molecule has 1 heterocycles. The number of nitrogens with zero attached hydrogens (tertiary/aromatic N) is 2. The van der Waals surface area contributed by atoms with Gasteiger partial charge in [-0.1, -0.05) is 19.3 Å². The first-order valence-corrected chi connectivity index (χ1v) is 8.77. The maximum absolute atomic E-state index is 12.4. The van der Waals surface area contributed by atoms with Gasteiger partial charge in [0.25, 0.3) is 0 Å². The molecule has 1 unspecified atom stereocenters. The van der Waals surface area contributed by atoms with Gasteiger partial charge in [0, 0.05) is 39.1 Å². The van der Waals surface area contributed by atoms with E-state index in [1.165, 1.54) is 19.3 Å². The van der Waals surface area contributed by atoms with Crippen LogP contribution in [0.2, 0.25) is 0 Å². The number of hydrogen-bond acceptors (Lipinski definition) is 3. The summed E-state index contributed by atoms with van der Waals surface area (Å²) in [5.74, 6) is 0.298. The Morgan fingerprint density at radius 1 is 1.09 bits per heavy atom. The molecule has 1 aliphatic carbocycles. The van der Waals surface area contributed by atoms with Crippen LogP contribution in [0.25, 0.3) is 0 Å². The van der Waals surface area contributed by atoms with E-state index in [0.717, 1.165) is 38.8 Å². The van der Waals surface area contributed by atoms with E-state index in [-0.39, 0.29) is 17.9 Å². The van der Waals surface area contributed by atoms with Crippen LogP contribution in [-0.2, 0) is 9.59 Å². The Hall–Kier alpha value is -1.10. The second kappa shape index (κ2) is 7.95. The van der Waals surface area contributed by atoms with Crippen LogP contribution in [0.1, 0.15) is 58.8 Å². The number of rotatable bonds is 4. The summed E-state index contributed by atoms with van der Waals surface area (Å²) in [7, 11) is 1.88. The van der Waals surface area contributed by atoms with Crippen molar-refractivity contribution in [1.82, 2.24) is 15.1 Å². The van der Waals surface area contributed by atoms with Gasteiger partial charge in [-0.25, -0.2) is 0 Å². The number of amides is 2. The summed E-state index contributed by atoms with van der Waals surface area (Å²) >= 11 is 0. The van der Waals surface area contributed by atoms with Crippen LogP contribution in [0.5, 0.6) is 0 Å². The molecule has 1 saturated heterocycles. The third kappa shape index (κ3) is 4.45.